The van der Waals surface area contributed by atoms with Crippen molar-refractivity contribution in [1.82, 2.24) is 0 Å². The van der Waals surface area contributed by atoms with Gasteiger partial charge >= 0.3 is 0 Å². The largest absolute Gasteiger partial charge is 0.493 e. The van der Waals surface area contributed by atoms with Crippen LogP contribution in [0.4, 0.5) is 0 Å². The molecular weight excluding hydrogens is 292 g/mol. The van der Waals surface area contributed by atoms with Gasteiger partial charge in [0, 0.05) is 10.0 Å². The molecule has 0 amide bonds. The molecule has 0 spiro atoms. The first-order chi connectivity index (χ1) is 8.33. The number of aliphatic hydroxyl groups excluding tert-OH is 1. The Labute approximate surface area is 118 Å². The molecule has 0 fully saturated rings. The fraction of sp³-hybridized carbons (Fsp3) is 0.600. The summed E-state index contributed by atoms with van der Waals surface area (Å²) in [6.45, 7) is 9.12. The number of hydrogen-bond acceptors (Lipinski definition) is 2. The molecule has 102 valence electrons. The number of ether oxygens (including phenoxy) is 1. The molecule has 0 bridgehead atoms. The summed E-state index contributed by atoms with van der Waals surface area (Å²) < 4.78 is 6.53. The van der Waals surface area contributed by atoms with Gasteiger partial charge in [0.25, 0.3) is 0 Å². The third-order valence-electron chi connectivity index (χ3n) is 2.80. The predicted octanol–water partition coefficient (Wildman–Crippen LogP) is 4.71. The first kappa shape index (κ1) is 15.5. The molecule has 3 heteroatoms. The molecular formula is C15H23BrO2. The lowest BCUT2D eigenvalue weighted by Gasteiger charge is -2.22. The number of halogens is 1. The standard InChI is InChI=1S/C15H23BrO2/c1-5-18-14-7-6-11(16)10-12(14)13(17)8-9-15(2,3)4/h6-7,10,13,17H,5,8-9H2,1-4H3. The highest BCUT2D eigenvalue weighted by atomic mass is 79.9. The van der Waals surface area contributed by atoms with Gasteiger partial charge in [0.1, 0.15) is 5.75 Å². The molecule has 1 aromatic carbocycles. The number of hydrogen-bond donors (Lipinski definition) is 1. The Hall–Kier alpha value is -0.540. The van der Waals surface area contributed by atoms with Crippen LogP contribution in [-0.4, -0.2) is 11.7 Å². The smallest absolute Gasteiger partial charge is 0.125 e. The van der Waals surface area contributed by atoms with E-state index in [-0.39, 0.29) is 5.41 Å². The van der Waals surface area contributed by atoms with E-state index in [9.17, 15) is 5.11 Å². The minimum absolute atomic E-state index is 0.235. The van der Waals surface area contributed by atoms with Crippen molar-refractivity contribution in [2.45, 2.75) is 46.6 Å². The van der Waals surface area contributed by atoms with E-state index in [1.165, 1.54) is 0 Å². The Morgan fingerprint density at radius 2 is 2.00 bits per heavy atom. The van der Waals surface area contributed by atoms with Crippen molar-refractivity contribution in [3.8, 4) is 5.75 Å². The van der Waals surface area contributed by atoms with Gasteiger partial charge in [-0.15, -0.1) is 0 Å². The molecule has 1 rings (SSSR count). The highest BCUT2D eigenvalue weighted by Gasteiger charge is 2.18. The normalized spacial score (nSPS) is 13.4. The Morgan fingerprint density at radius 1 is 1.33 bits per heavy atom. The third kappa shape index (κ3) is 4.99. The molecule has 18 heavy (non-hydrogen) atoms. The molecule has 0 aliphatic rings. The zero-order chi connectivity index (χ0) is 13.8. The number of aliphatic hydroxyl groups is 1. The van der Waals surface area contributed by atoms with Gasteiger partial charge < -0.3 is 9.84 Å². The molecule has 0 heterocycles. The first-order valence-corrected chi connectivity index (χ1v) is 7.23. The number of benzene rings is 1. The van der Waals surface area contributed by atoms with Crippen LogP contribution < -0.4 is 4.74 Å². The van der Waals surface area contributed by atoms with Gasteiger partial charge in [-0.3, -0.25) is 0 Å². The van der Waals surface area contributed by atoms with Gasteiger partial charge in [-0.25, -0.2) is 0 Å². The van der Waals surface area contributed by atoms with E-state index >= 15 is 0 Å². The molecule has 1 N–H and O–H groups in total. The third-order valence-corrected chi connectivity index (χ3v) is 3.29. The summed E-state index contributed by atoms with van der Waals surface area (Å²) in [6.07, 6.45) is 1.26. The van der Waals surface area contributed by atoms with Crippen molar-refractivity contribution >= 4 is 15.9 Å². The monoisotopic (exact) mass is 314 g/mol. The minimum atomic E-state index is -0.469. The summed E-state index contributed by atoms with van der Waals surface area (Å²) in [7, 11) is 0. The van der Waals surface area contributed by atoms with E-state index in [4.69, 9.17) is 4.74 Å². The lowest BCUT2D eigenvalue weighted by Crippen LogP contribution is -2.09. The van der Waals surface area contributed by atoms with Crippen molar-refractivity contribution in [1.29, 1.82) is 0 Å². The van der Waals surface area contributed by atoms with E-state index in [2.05, 4.69) is 36.7 Å². The summed E-state index contributed by atoms with van der Waals surface area (Å²) in [5.74, 6) is 0.780. The van der Waals surface area contributed by atoms with Crippen molar-refractivity contribution in [2.75, 3.05) is 6.61 Å². The van der Waals surface area contributed by atoms with E-state index < -0.39 is 6.10 Å². The Kier molecular flexibility index (Phi) is 5.67. The predicted molar refractivity (Wildman–Crippen MR) is 79.0 cm³/mol. The lowest BCUT2D eigenvalue weighted by molar-refractivity contribution is 0.143. The maximum atomic E-state index is 10.3. The topological polar surface area (TPSA) is 29.5 Å². The average Bonchev–Trinajstić information content (AvgIpc) is 2.27. The molecule has 0 aromatic heterocycles. The average molecular weight is 315 g/mol. The van der Waals surface area contributed by atoms with Crippen LogP contribution in [0.3, 0.4) is 0 Å². The Morgan fingerprint density at radius 3 is 2.56 bits per heavy atom. The van der Waals surface area contributed by atoms with Crippen LogP contribution in [0.25, 0.3) is 0 Å². The molecule has 0 aliphatic heterocycles. The van der Waals surface area contributed by atoms with Gasteiger partial charge in [-0.2, -0.15) is 0 Å². The summed E-state index contributed by atoms with van der Waals surface area (Å²) in [4.78, 5) is 0. The molecule has 2 nitrogen and oxygen atoms in total. The summed E-state index contributed by atoms with van der Waals surface area (Å²) in [5, 5.41) is 10.3. The number of rotatable bonds is 5. The van der Waals surface area contributed by atoms with Crippen LogP contribution >= 0.6 is 15.9 Å². The lowest BCUT2D eigenvalue weighted by atomic mass is 9.88. The van der Waals surface area contributed by atoms with E-state index in [1.807, 2.05) is 25.1 Å². The SMILES string of the molecule is CCOc1ccc(Br)cc1C(O)CCC(C)(C)C. The van der Waals surface area contributed by atoms with E-state index in [0.29, 0.717) is 6.61 Å². The first-order valence-electron chi connectivity index (χ1n) is 6.44. The van der Waals surface area contributed by atoms with Crippen LogP contribution in [-0.2, 0) is 0 Å². The van der Waals surface area contributed by atoms with Gasteiger partial charge in [0.15, 0.2) is 0 Å². The maximum Gasteiger partial charge on any atom is 0.125 e. The highest BCUT2D eigenvalue weighted by Crippen LogP contribution is 2.33. The summed E-state index contributed by atoms with van der Waals surface area (Å²) in [6, 6.07) is 5.78. The summed E-state index contributed by atoms with van der Waals surface area (Å²) in [5.41, 5.74) is 1.11. The van der Waals surface area contributed by atoms with E-state index in [1.54, 1.807) is 0 Å². The maximum absolute atomic E-state index is 10.3. The van der Waals surface area contributed by atoms with Crippen molar-refractivity contribution in [2.24, 2.45) is 5.41 Å². The van der Waals surface area contributed by atoms with Crippen LogP contribution in [0.2, 0.25) is 0 Å². The van der Waals surface area contributed by atoms with Gasteiger partial charge in [-0.1, -0.05) is 36.7 Å². The fourth-order valence-corrected chi connectivity index (χ4v) is 2.17. The van der Waals surface area contributed by atoms with Crippen LogP contribution in [0, 0.1) is 5.41 Å². The van der Waals surface area contributed by atoms with Gasteiger partial charge in [0.2, 0.25) is 0 Å². The van der Waals surface area contributed by atoms with Crippen molar-refractivity contribution in [3.63, 3.8) is 0 Å². The molecule has 0 radical (unpaired) electrons. The Balaban J connectivity index is 2.82. The van der Waals surface area contributed by atoms with Crippen LogP contribution in [0.15, 0.2) is 22.7 Å². The Bertz CT molecular complexity index is 383. The zero-order valence-electron chi connectivity index (χ0n) is 11.7. The molecule has 0 saturated heterocycles. The summed E-state index contributed by atoms with van der Waals surface area (Å²) >= 11 is 3.44. The molecule has 0 aliphatic carbocycles. The zero-order valence-corrected chi connectivity index (χ0v) is 13.3. The quantitative estimate of drug-likeness (QED) is 0.853. The minimum Gasteiger partial charge on any atom is -0.493 e. The van der Waals surface area contributed by atoms with Crippen molar-refractivity contribution < 1.29 is 9.84 Å². The second-order valence-electron chi connectivity index (χ2n) is 5.73. The molecule has 0 saturated carbocycles. The van der Waals surface area contributed by atoms with Gasteiger partial charge in [-0.05, 0) is 43.4 Å². The molecule has 1 unspecified atom stereocenters. The molecule has 1 atom stereocenters. The second kappa shape index (κ2) is 6.58. The van der Waals surface area contributed by atoms with Crippen LogP contribution in [0.5, 0.6) is 5.75 Å². The molecule has 1 aromatic rings. The van der Waals surface area contributed by atoms with Crippen molar-refractivity contribution in [3.05, 3.63) is 28.2 Å². The second-order valence-corrected chi connectivity index (χ2v) is 6.65. The highest BCUT2D eigenvalue weighted by molar-refractivity contribution is 9.10. The van der Waals surface area contributed by atoms with E-state index in [0.717, 1.165) is 28.6 Å². The fourth-order valence-electron chi connectivity index (χ4n) is 1.79. The van der Waals surface area contributed by atoms with Gasteiger partial charge in [0.05, 0.1) is 12.7 Å². The van der Waals surface area contributed by atoms with Crippen LogP contribution in [0.1, 0.15) is 52.2 Å².